The summed E-state index contributed by atoms with van der Waals surface area (Å²) in [4.78, 5) is 16.9. The first-order valence-corrected chi connectivity index (χ1v) is 8.12. The molecule has 0 radical (unpaired) electrons. The Morgan fingerprint density at radius 1 is 1.38 bits per heavy atom. The van der Waals surface area contributed by atoms with Crippen molar-refractivity contribution in [3.05, 3.63) is 41.5 Å². The molecule has 1 aromatic carbocycles. The minimum atomic E-state index is 0.00348. The average Bonchev–Trinajstić information content (AvgIpc) is 2.94. The van der Waals surface area contributed by atoms with Gasteiger partial charge in [-0.15, -0.1) is 0 Å². The van der Waals surface area contributed by atoms with Gasteiger partial charge >= 0.3 is 0 Å². The number of hydrogen-bond acceptors (Lipinski definition) is 4. The van der Waals surface area contributed by atoms with E-state index in [1.807, 2.05) is 25.3 Å². The second-order valence-corrected chi connectivity index (χ2v) is 6.11. The molecular weight excluding hydrogens is 306 g/mol. The van der Waals surface area contributed by atoms with Crippen LogP contribution in [0.4, 0.5) is 0 Å². The summed E-state index contributed by atoms with van der Waals surface area (Å²) in [6.45, 7) is 2.77. The highest BCUT2D eigenvalue weighted by Gasteiger charge is 2.21. The summed E-state index contributed by atoms with van der Waals surface area (Å²) < 4.78 is 12.7. The molecule has 1 unspecified atom stereocenters. The predicted molar refractivity (Wildman–Crippen MR) is 90.5 cm³/mol. The van der Waals surface area contributed by atoms with E-state index >= 15 is 0 Å². The van der Waals surface area contributed by atoms with Crippen molar-refractivity contribution >= 4 is 5.91 Å². The average molecular weight is 329 g/mol. The Labute approximate surface area is 141 Å². The van der Waals surface area contributed by atoms with E-state index in [4.69, 9.17) is 9.47 Å². The molecule has 0 saturated carbocycles. The third-order valence-corrected chi connectivity index (χ3v) is 4.32. The van der Waals surface area contributed by atoms with Crippen LogP contribution in [0.5, 0.6) is 11.5 Å². The number of nitrogens with one attached hydrogen (secondary N) is 1. The van der Waals surface area contributed by atoms with E-state index in [9.17, 15) is 4.79 Å². The van der Waals surface area contributed by atoms with E-state index in [0.29, 0.717) is 17.9 Å². The zero-order chi connectivity index (χ0) is 17.1. The Hall–Kier alpha value is -2.50. The fraction of sp³-hybridized carbons (Fsp3) is 0.444. The maximum absolute atomic E-state index is 12.4. The lowest BCUT2D eigenvalue weighted by Gasteiger charge is -2.24. The minimum absolute atomic E-state index is 0.00348. The van der Waals surface area contributed by atoms with Gasteiger partial charge in [-0.1, -0.05) is 6.07 Å². The van der Waals surface area contributed by atoms with Crippen molar-refractivity contribution in [3.63, 3.8) is 0 Å². The van der Waals surface area contributed by atoms with Crippen LogP contribution in [0, 0.1) is 6.92 Å². The van der Waals surface area contributed by atoms with Gasteiger partial charge in [0.05, 0.1) is 26.3 Å². The normalized spacial score (nSPS) is 16.4. The van der Waals surface area contributed by atoms with E-state index in [2.05, 4.69) is 14.9 Å². The van der Waals surface area contributed by atoms with Crippen molar-refractivity contribution < 1.29 is 14.3 Å². The standard InChI is InChI=1S/C18H23N3O3/c1-12-10-21-11-14(5-7-17(21)19-12)20-18(22)8-13-4-6-15(23-2)9-16(13)24-3/h4,6,9-10,14H,5,7-8,11H2,1-3H3,(H,20,22). The van der Waals surface area contributed by atoms with Crippen molar-refractivity contribution in [2.24, 2.45) is 0 Å². The van der Waals surface area contributed by atoms with Crippen LogP contribution in [0.2, 0.25) is 0 Å². The summed E-state index contributed by atoms with van der Waals surface area (Å²) in [6, 6.07) is 5.65. The Morgan fingerprint density at radius 2 is 2.21 bits per heavy atom. The molecule has 2 aromatic rings. The van der Waals surface area contributed by atoms with Gasteiger partial charge in [-0.3, -0.25) is 4.79 Å². The summed E-state index contributed by atoms with van der Waals surface area (Å²) in [5.74, 6) is 2.49. The summed E-state index contributed by atoms with van der Waals surface area (Å²) in [5, 5.41) is 3.12. The molecule has 2 heterocycles. The number of rotatable bonds is 5. The lowest BCUT2D eigenvalue weighted by molar-refractivity contribution is -0.121. The number of amides is 1. The summed E-state index contributed by atoms with van der Waals surface area (Å²) in [7, 11) is 3.20. The number of aromatic nitrogens is 2. The second-order valence-electron chi connectivity index (χ2n) is 6.11. The summed E-state index contributed by atoms with van der Waals surface area (Å²) in [5.41, 5.74) is 1.88. The molecule has 1 aliphatic rings. The Bertz CT molecular complexity index is 739. The van der Waals surface area contributed by atoms with Gasteiger partial charge in [-0.2, -0.15) is 0 Å². The molecule has 0 fully saturated rings. The summed E-state index contributed by atoms with van der Waals surface area (Å²) >= 11 is 0. The van der Waals surface area contributed by atoms with Crippen LogP contribution in [0.1, 0.15) is 23.5 Å². The molecule has 6 heteroatoms. The van der Waals surface area contributed by atoms with Gasteiger partial charge in [0, 0.05) is 36.8 Å². The maximum atomic E-state index is 12.4. The van der Waals surface area contributed by atoms with Gasteiger partial charge in [0.1, 0.15) is 17.3 Å². The zero-order valence-electron chi connectivity index (χ0n) is 14.3. The molecule has 1 amide bonds. The smallest absolute Gasteiger partial charge is 0.224 e. The van der Waals surface area contributed by atoms with Crippen LogP contribution in [-0.2, 0) is 24.2 Å². The fourth-order valence-electron chi connectivity index (χ4n) is 3.15. The van der Waals surface area contributed by atoms with Crippen molar-refractivity contribution in [1.82, 2.24) is 14.9 Å². The number of ether oxygens (including phenoxy) is 2. The lowest BCUT2D eigenvalue weighted by Crippen LogP contribution is -2.41. The first kappa shape index (κ1) is 16.4. The molecule has 6 nitrogen and oxygen atoms in total. The number of fused-ring (bicyclic) bond motifs is 1. The molecule has 0 saturated heterocycles. The van der Waals surface area contributed by atoms with Crippen molar-refractivity contribution in [2.45, 2.75) is 38.8 Å². The maximum Gasteiger partial charge on any atom is 0.224 e. The van der Waals surface area contributed by atoms with Crippen LogP contribution < -0.4 is 14.8 Å². The highest BCUT2D eigenvalue weighted by molar-refractivity contribution is 5.79. The van der Waals surface area contributed by atoms with Crippen molar-refractivity contribution in [3.8, 4) is 11.5 Å². The summed E-state index contributed by atoms with van der Waals surface area (Å²) in [6.07, 6.45) is 4.15. The monoisotopic (exact) mass is 329 g/mol. The van der Waals surface area contributed by atoms with Crippen LogP contribution >= 0.6 is 0 Å². The topological polar surface area (TPSA) is 65.4 Å². The van der Waals surface area contributed by atoms with Crippen LogP contribution in [0.15, 0.2) is 24.4 Å². The molecule has 128 valence electrons. The highest BCUT2D eigenvalue weighted by atomic mass is 16.5. The Balaban J connectivity index is 1.62. The molecule has 1 N–H and O–H groups in total. The third kappa shape index (κ3) is 3.53. The first-order valence-electron chi connectivity index (χ1n) is 8.12. The third-order valence-electron chi connectivity index (χ3n) is 4.32. The van der Waals surface area contributed by atoms with Gasteiger partial charge in [0.2, 0.25) is 5.91 Å². The van der Waals surface area contributed by atoms with Gasteiger partial charge < -0.3 is 19.4 Å². The largest absolute Gasteiger partial charge is 0.497 e. The van der Waals surface area contributed by atoms with Gasteiger partial charge in [-0.05, 0) is 19.4 Å². The number of aryl methyl sites for hydroxylation is 2. The van der Waals surface area contributed by atoms with E-state index in [1.165, 1.54) is 0 Å². The molecule has 24 heavy (non-hydrogen) atoms. The predicted octanol–water partition coefficient (Wildman–Crippen LogP) is 1.88. The fourth-order valence-corrected chi connectivity index (χ4v) is 3.15. The molecule has 1 aliphatic heterocycles. The van der Waals surface area contributed by atoms with Crippen LogP contribution in [0.3, 0.4) is 0 Å². The first-order chi connectivity index (χ1) is 11.6. The van der Waals surface area contributed by atoms with Gasteiger partial charge in [0.25, 0.3) is 0 Å². The van der Waals surface area contributed by atoms with Crippen LogP contribution in [-0.4, -0.2) is 35.7 Å². The molecular formula is C18H23N3O3. The van der Waals surface area contributed by atoms with Crippen LogP contribution in [0.25, 0.3) is 0 Å². The van der Waals surface area contributed by atoms with E-state index < -0.39 is 0 Å². The number of nitrogens with zero attached hydrogens (tertiary/aromatic N) is 2. The Morgan fingerprint density at radius 3 is 2.96 bits per heavy atom. The molecule has 1 aromatic heterocycles. The molecule has 0 aliphatic carbocycles. The van der Waals surface area contributed by atoms with Gasteiger partial charge in [-0.25, -0.2) is 4.98 Å². The Kier molecular flexibility index (Phi) is 4.74. The lowest BCUT2D eigenvalue weighted by atomic mass is 10.1. The molecule has 1 atom stereocenters. The van der Waals surface area contributed by atoms with E-state index in [0.717, 1.165) is 36.5 Å². The number of imidazole rings is 1. The number of hydrogen-bond donors (Lipinski definition) is 1. The quantitative estimate of drug-likeness (QED) is 0.910. The SMILES string of the molecule is COc1ccc(CC(=O)NC2CCc3nc(C)cn3C2)c(OC)c1. The second kappa shape index (κ2) is 6.95. The molecule has 3 rings (SSSR count). The van der Waals surface area contributed by atoms with E-state index in [-0.39, 0.29) is 11.9 Å². The van der Waals surface area contributed by atoms with Gasteiger partial charge in [0.15, 0.2) is 0 Å². The van der Waals surface area contributed by atoms with E-state index in [1.54, 1.807) is 20.3 Å². The van der Waals surface area contributed by atoms with Crippen molar-refractivity contribution in [1.29, 1.82) is 0 Å². The molecule has 0 spiro atoms. The molecule has 0 bridgehead atoms. The highest BCUT2D eigenvalue weighted by Crippen LogP contribution is 2.25. The number of carbonyl (C=O) groups is 1. The zero-order valence-corrected chi connectivity index (χ0v) is 14.3. The number of benzene rings is 1. The van der Waals surface area contributed by atoms with Crippen molar-refractivity contribution in [2.75, 3.05) is 14.2 Å². The minimum Gasteiger partial charge on any atom is -0.497 e. The number of carbonyl (C=O) groups excluding carboxylic acids is 1. The number of methoxy groups -OCH3 is 2.